The highest BCUT2D eigenvalue weighted by atomic mass is 16.1. The predicted molar refractivity (Wildman–Crippen MR) is 74.6 cm³/mol. The van der Waals surface area contributed by atoms with Crippen molar-refractivity contribution in [3.8, 4) is 11.1 Å². The zero-order valence-corrected chi connectivity index (χ0v) is 10.4. The van der Waals surface area contributed by atoms with Crippen LogP contribution in [0.25, 0.3) is 22.2 Å². The second kappa shape index (κ2) is 4.20. The first-order valence-electron chi connectivity index (χ1n) is 5.82. The summed E-state index contributed by atoms with van der Waals surface area (Å²) in [4.78, 5) is 20.5. The zero-order chi connectivity index (χ0) is 13.4. The SMILES string of the molecule is Cn1c(=O)c(-c2cccc(N)c2)cc2cncnc21. The van der Waals surface area contributed by atoms with Gasteiger partial charge in [0.15, 0.2) is 0 Å². The molecule has 5 heteroatoms. The van der Waals surface area contributed by atoms with Crippen molar-refractivity contribution in [2.75, 3.05) is 5.73 Å². The van der Waals surface area contributed by atoms with E-state index in [0.29, 0.717) is 16.9 Å². The van der Waals surface area contributed by atoms with E-state index in [1.807, 2.05) is 12.1 Å². The van der Waals surface area contributed by atoms with Gasteiger partial charge in [-0.15, -0.1) is 0 Å². The summed E-state index contributed by atoms with van der Waals surface area (Å²) >= 11 is 0. The van der Waals surface area contributed by atoms with E-state index in [4.69, 9.17) is 5.73 Å². The Bertz CT molecular complexity index is 823. The predicted octanol–water partition coefficient (Wildman–Crippen LogP) is 1.58. The Morgan fingerprint density at radius 1 is 1.26 bits per heavy atom. The van der Waals surface area contributed by atoms with Crippen LogP contribution < -0.4 is 11.3 Å². The molecule has 0 saturated heterocycles. The van der Waals surface area contributed by atoms with E-state index < -0.39 is 0 Å². The van der Waals surface area contributed by atoms with Crippen molar-refractivity contribution in [3.05, 3.63) is 53.2 Å². The Morgan fingerprint density at radius 2 is 2.11 bits per heavy atom. The van der Waals surface area contributed by atoms with Crippen LogP contribution in [0.4, 0.5) is 5.69 Å². The minimum Gasteiger partial charge on any atom is -0.399 e. The third kappa shape index (κ3) is 1.85. The first-order valence-corrected chi connectivity index (χ1v) is 5.82. The minimum absolute atomic E-state index is 0.100. The molecule has 94 valence electrons. The van der Waals surface area contributed by atoms with Gasteiger partial charge in [-0.1, -0.05) is 12.1 Å². The average Bonchev–Trinajstić information content (AvgIpc) is 2.43. The molecule has 0 fully saturated rings. The normalized spacial score (nSPS) is 10.8. The van der Waals surface area contributed by atoms with Crippen LogP contribution in [0.5, 0.6) is 0 Å². The lowest BCUT2D eigenvalue weighted by Gasteiger charge is -2.08. The van der Waals surface area contributed by atoms with E-state index in [1.54, 1.807) is 31.4 Å². The van der Waals surface area contributed by atoms with Crippen molar-refractivity contribution in [1.29, 1.82) is 0 Å². The van der Waals surface area contributed by atoms with Gasteiger partial charge < -0.3 is 5.73 Å². The monoisotopic (exact) mass is 252 g/mol. The van der Waals surface area contributed by atoms with Gasteiger partial charge in [0.05, 0.1) is 0 Å². The number of pyridine rings is 1. The fraction of sp³-hybridized carbons (Fsp3) is 0.0714. The summed E-state index contributed by atoms with van der Waals surface area (Å²) in [5.41, 5.74) is 8.30. The molecular formula is C14H12N4O. The summed E-state index contributed by atoms with van der Waals surface area (Å²) in [7, 11) is 1.70. The van der Waals surface area contributed by atoms with Crippen LogP contribution in [0.1, 0.15) is 0 Å². The molecule has 0 aliphatic rings. The molecule has 2 heterocycles. The second-order valence-electron chi connectivity index (χ2n) is 4.35. The standard InChI is InChI=1S/C14H12N4O/c1-18-13-10(7-16-8-17-13)6-12(14(18)19)9-3-2-4-11(15)5-9/h2-8H,15H2,1H3. The molecule has 1 aromatic carbocycles. The Labute approximate surface area is 109 Å². The Hall–Kier alpha value is -2.69. The summed E-state index contributed by atoms with van der Waals surface area (Å²) in [6, 6.07) is 9.06. The number of nitrogens with two attached hydrogens (primary N) is 1. The Balaban J connectivity index is 2.36. The number of aryl methyl sites for hydroxylation is 1. The fourth-order valence-corrected chi connectivity index (χ4v) is 2.12. The molecule has 0 aliphatic heterocycles. The minimum atomic E-state index is -0.100. The average molecular weight is 252 g/mol. The number of aromatic nitrogens is 3. The van der Waals surface area contributed by atoms with Crippen molar-refractivity contribution in [3.63, 3.8) is 0 Å². The van der Waals surface area contributed by atoms with Crippen LogP contribution in [-0.4, -0.2) is 14.5 Å². The van der Waals surface area contributed by atoms with Crippen LogP contribution in [0.2, 0.25) is 0 Å². The zero-order valence-electron chi connectivity index (χ0n) is 10.4. The summed E-state index contributed by atoms with van der Waals surface area (Å²) in [5, 5.41) is 0.821. The lowest BCUT2D eigenvalue weighted by molar-refractivity contribution is 0.886. The number of hydrogen-bond donors (Lipinski definition) is 1. The van der Waals surface area contributed by atoms with E-state index in [2.05, 4.69) is 9.97 Å². The number of rotatable bonds is 1. The molecule has 0 bridgehead atoms. The summed E-state index contributed by atoms with van der Waals surface area (Å²) < 4.78 is 1.52. The van der Waals surface area contributed by atoms with Gasteiger partial charge in [0.1, 0.15) is 12.0 Å². The topological polar surface area (TPSA) is 73.8 Å². The first-order chi connectivity index (χ1) is 9.16. The number of benzene rings is 1. The van der Waals surface area contributed by atoms with Crippen molar-refractivity contribution in [2.24, 2.45) is 7.05 Å². The van der Waals surface area contributed by atoms with Crippen LogP contribution in [0.15, 0.2) is 47.7 Å². The molecular weight excluding hydrogens is 240 g/mol. The summed E-state index contributed by atoms with van der Waals surface area (Å²) in [5.74, 6) is 0. The third-order valence-corrected chi connectivity index (χ3v) is 3.07. The second-order valence-corrected chi connectivity index (χ2v) is 4.35. The first kappa shape index (κ1) is 11.4. The highest BCUT2D eigenvalue weighted by Crippen LogP contribution is 2.20. The maximum Gasteiger partial charge on any atom is 0.259 e. The number of hydrogen-bond acceptors (Lipinski definition) is 4. The molecule has 3 aromatic rings. The van der Waals surface area contributed by atoms with Crippen molar-refractivity contribution in [1.82, 2.24) is 14.5 Å². The molecule has 5 nitrogen and oxygen atoms in total. The highest BCUT2D eigenvalue weighted by Gasteiger charge is 2.09. The molecule has 0 saturated carbocycles. The maximum atomic E-state index is 12.4. The lowest BCUT2D eigenvalue weighted by atomic mass is 10.1. The quantitative estimate of drug-likeness (QED) is 0.667. The van der Waals surface area contributed by atoms with Gasteiger partial charge in [-0.3, -0.25) is 9.36 Å². The Morgan fingerprint density at radius 3 is 2.89 bits per heavy atom. The van der Waals surface area contributed by atoms with Crippen molar-refractivity contribution >= 4 is 16.7 Å². The summed E-state index contributed by atoms with van der Waals surface area (Å²) in [6.45, 7) is 0. The van der Waals surface area contributed by atoms with Crippen LogP contribution in [0, 0.1) is 0 Å². The number of nitrogen functional groups attached to an aromatic ring is 1. The third-order valence-electron chi connectivity index (χ3n) is 3.07. The van der Waals surface area contributed by atoms with Crippen LogP contribution in [0.3, 0.4) is 0 Å². The van der Waals surface area contributed by atoms with Gasteiger partial charge in [0.2, 0.25) is 0 Å². The number of fused-ring (bicyclic) bond motifs is 1. The maximum absolute atomic E-state index is 12.4. The van der Waals surface area contributed by atoms with E-state index in [1.165, 1.54) is 10.9 Å². The fourth-order valence-electron chi connectivity index (χ4n) is 2.12. The Kier molecular flexibility index (Phi) is 2.52. The summed E-state index contributed by atoms with van der Waals surface area (Å²) in [6.07, 6.45) is 3.12. The molecule has 19 heavy (non-hydrogen) atoms. The molecule has 0 amide bonds. The lowest BCUT2D eigenvalue weighted by Crippen LogP contribution is -2.19. The van der Waals surface area contributed by atoms with Gasteiger partial charge in [-0.2, -0.15) is 0 Å². The van der Waals surface area contributed by atoms with E-state index in [9.17, 15) is 4.79 Å². The van der Waals surface area contributed by atoms with Gasteiger partial charge in [-0.05, 0) is 23.8 Å². The number of nitrogens with zero attached hydrogens (tertiary/aromatic N) is 3. The van der Waals surface area contributed by atoms with E-state index in [-0.39, 0.29) is 5.56 Å². The van der Waals surface area contributed by atoms with Gasteiger partial charge in [-0.25, -0.2) is 9.97 Å². The van der Waals surface area contributed by atoms with E-state index >= 15 is 0 Å². The van der Waals surface area contributed by atoms with Crippen molar-refractivity contribution < 1.29 is 0 Å². The molecule has 2 N–H and O–H groups in total. The number of anilines is 1. The highest BCUT2D eigenvalue weighted by molar-refractivity contribution is 5.81. The molecule has 0 radical (unpaired) electrons. The van der Waals surface area contributed by atoms with Gasteiger partial charge >= 0.3 is 0 Å². The van der Waals surface area contributed by atoms with E-state index in [0.717, 1.165) is 10.9 Å². The van der Waals surface area contributed by atoms with Crippen molar-refractivity contribution in [2.45, 2.75) is 0 Å². The molecule has 2 aromatic heterocycles. The molecule has 0 spiro atoms. The molecule has 0 aliphatic carbocycles. The van der Waals surface area contributed by atoms with Crippen LogP contribution >= 0.6 is 0 Å². The largest absolute Gasteiger partial charge is 0.399 e. The molecule has 0 unspecified atom stereocenters. The smallest absolute Gasteiger partial charge is 0.259 e. The van der Waals surface area contributed by atoms with Gasteiger partial charge in [0.25, 0.3) is 5.56 Å². The molecule has 0 atom stereocenters. The molecule has 3 rings (SSSR count). The van der Waals surface area contributed by atoms with Crippen LogP contribution in [-0.2, 0) is 7.05 Å². The van der Waals surface area contributed by atoms with Gasteiger partial charge in [0, 0.05) is 29.9 Å².